The summed E-state index contributed by atoms with van der Waals surface area (Å²) in [7, 11) is 4.58. The molecule has 2 amide bonds. The third kappa shape index (κ3) is 6.64. The Labute approximate surface area is 170 Å². The average Bonchev–Trinajstić information content (AvgIpc) is 2.73. The van der Waals surface area contributed by atoms with Crippen LogP contribution in [0.3, 0.4) is 0 Å². The highest BCUT2D eigenvalue weighted by Crippen LogP contribution is 2.27. The normalized spacial score (nSPS) is 10.2. The number of nitrogens with one attached hydrogen (secondary N) is 1. The van der Waals surface area contributed by atoms with E-state index in [4.69, 9.17) is 9.47 Å². The molecule has 0 aliphatic carbocycles. The zero-order valence-corrected chi connectivity index (χ0v) is 16.9. The summed E-state index contributed by atoms with van der Waals surface area (Å²) < 4.78 is 10.5. The Morgan fingerprint density at radius 1 is 0.931 bits per heavy atom. The van der Waals surface area contributed by atoms with E-state index in [9.17, 15) is 14.4 Å². The van der Waals surface area contributed by atoms with E-state index in [0.717, 1.165) is 16.0 Å². The Bertz CT molecular complexity index is 852. The summed E-state index contributed by atoms with van der Waals surface area (Å²) in [6.45, 7) is 0.222. The lowest BCUT2D eigenvalue weighted by molar-refractivity contribution is -0.144. The topological polar surface area (TPSA) is 84.9 Å². The summed E-state index contributed by atoms with van der Waals surface area (Å²) in [4.78, 5) is 37.5. The molecule has 0 atom stereocenters. The first kappa shape index (κ1) is 21.9. The van der Waals surface area contributed by atoms with Crippen LogP contribution in [0.2, 0.25) is 0 Å². The molecule has 0 aromatic heterocycles. The fraction of sp³-hybridized carbons (Fsp3) is 0.318. The Hall–Kier alpha value is -3.35. The Morgan fingerprint density at radius 2 is 1.62 bits per heavy atom. The predicted octanol–water partition coefficient (Wildman–Crippen LogP) is 1.63. The number of carbonyl (C=O) groups is 3. The molecule has 29 heavy (non-hydrogen) atoms. The molecule has 2 rings (SSSR count). The molecular weight excluding hydrogens is 372 g/mol. The van der Waals surface area contributed by atoms with Crippen LogP contribution in [0.1, 0.15) is 11.1 Å². The zero-order valence-electron chi connectivity index (χ0n) is 16.9. The first-order chi connectivity index (χ1) is 13.9. The van der Waals surface area contributed by atoms with Crippen LogP contribution in [-0.2, 0) is 27.2 Å². The number of amides is 2. The predicted molar refractivity (Wildman–Crippen MR) is 109 cm³/mol. The number of hydrogen-bond acceptors (Lipinski definition) is 5. The van der Waals surface area contributed by atoms with Gasteiger partial charge in [-0.25, -0.2) is 0 Å². The molecule has 0 saturated carbocycles. The van der Waals surface area contributed by atoms with Crippen molar-refractivity contribution < 1.29 is 23.9 Å². The lowest BCUT2D eigenvalue weighted by Crippen LogP contribution is -2.42. The second-order valence-corrected chi connectivity index (χ2v) is 6.54. The summed E-state index contributed by atoms with van der Waals surface area (Å²) in [5.74, 6) is -0.284. The molecule has 0 radical (unpaired) electrons. The molecule has 0 aliphatic heterocycles. The number of ether oxygens (including phenoxy) is 2. The van der Waals surface area contributed by atoms with Crippen molar-refractivity contribution in [2.45, 2.75) is 12.8 Å². The first-order valence-electron chi connectivity index (χ1n) is 9.24. The molecule has 2 aromatic rings. The van der Waals surface area contributed by atoms with Crippen molar-refractivity contribution in [2.75, 3.05) is 34.4 Å². The standard InChI is InChI=1S/C22H26N2O5/c1-24(22(27)18(25)13-16-7-5-4-6-8-16)15-21(26)23-12-11-17-9-10-19(28-2)20(14-17)29-3/h4-10,14H,11-13,15H2,1-3H3,(H,23,26). The van der Waals surface area contributed by atoms with Crippen LogP contribution in [0.5, 0.6) is 11.5 Å². The maximum Gasteiger partial charge on any atom is 0.290 e. The number of rotatable bonds is 10. The third-order valence-electron chi connectivity index (χ3n) is 4.36. The SMILES string of the molecule is COc1ccc(CCNC(=O)CN(C)C(=O)C(=O)Cc2ccccc2)cc1OC. The molecule has 0 heterocycles. The van der Waals surface area contributed by atoms with Crippen LogP contribution >= 0.6 is 0 Å². The molecule has 0 fully saturated rings. The van der Waals surface area contributed by atoms with Crippen molar-refractivity contribution in [3.63, 3.8) is 0 Å². The maximum atomic E-state index is 12.2. The van der Waals surface area contributed by atoms with E-state index in [-0.39, 0.29) is 18.9 Å². The highest BCUT2D eigenvalue weighted by Gasteiger charge is 2.20. The van der Waals surface area contributed by atoms with Crippen molar-refractivity contribution in [2.24, 2.45) is 0 Å². The van der Waals surface area contributed by atoms with Crippen LogP contribution < -0.4 is 14.8 Å². The summed E-state index contributed by atoms with van der Waals surface area (Å²) in [5.41, 5.74) is 1.74. The fourth-order valence-electron chi connectivity index (χ4n) is 2.80. The number of Topliss-reactive ketones (excluding diaryl/α,β-unsaturated/α-hetero) is 1. The van der Waals surface area contributed by atoms with Gasteiger partial charge in [-0.15, -0.1) is 0 Å². The van der Waals surface area contributed by atoms with Gasteiger partial charge < -0.3 is 19.7 Å². The van der Waals surface area contributed by atoms with E-state index >= 15 is 0 Å². The first-order valence-corrected chi connectivity index (χ1v) is 9.24. The monoisotopic (exact) mass is 398 g/mol. The van der Waals surface area contributed by atoms with Crippen LogP contribution in [0, 0.1) is 0 Å². The van der Waals surface area contributed by atoms with Gasteiger partial charge in [0.1, 0.15) is 0 Å². The summed E-state index contributed by atoms with van der Waals surface area (Å²) in [6, 6.07) is 14.6. The summed E-state index contributed by atoms with van der Waals surface area (Å²) >= 11 is 0. The van der Waals surface area contributed by atoms with E-state index in [2.05, 4.69) is 5.32 Å². The van der Waals surface area contributed by atoms with Crippen LogP contribution in [-0.4, -0.2) is 56.9 Å². The van der Waals surface area contributed by atoms with Gasteiger partial charge in [0.15, 0.2) is 11.5 Å². The zero-order chi connectivity index (χ0) is 21.2. The Morgan fingerprint density at radius 3 is 2.28 bits per heavy atom. The third-order valence-corrected chi connectivity index (χ3v) is 4.36. The number of benzene rings is 2. The molecule has 0 unspecified atom stereocenters. The minimum atomic E-state index is -0.677. The van der Waals surface area contributed by atoms with Gasteiger partial charge in [0.2, 0.25) is 11.7 Å². The van der Waals surface area contributed by atoms with Crippen molar-refractivity contribution in [1.82, 2.24) is 10.2 Å². The van der Waals surface area contributed by atoms with Gasteiger partial charge >= 0.3 is 0 Å². The van der Waals surface area contributed by atoms with Gasteiger partial charge in [-0.05, 0) is 29.7 Å². The van der Waals surface area contributed by atoms with Crippen LogP contribution in [0.25, 0.3) is 0 Å². The van der Waals surface area contributed by atoms with E-state index in [1.54, 1.807) is 32.4 Å². The van der Waals surface area contributed by atoms with E-state index in [1.165, 1.54) is 7.05 Å². The smallest absolute Gasteiger partial charge is 0.290 e. The minimum absolute atomic E-state index is 0.0188. The largest absolute Gasteiger partial charge is 0.493 e. The lowest BCUT2D eigenvalue weighted by Gasteiger charge is -2.16. The van der Waals surface area contributed by atoms with E-state index in [0.29, 0.717) is 24.5 Å². The van der Waals surface area contributed by atoms with E-state index in [1.807, 2.05) is 30.3 Å². The van der Waals surface area contributed by atoms with Crippen molar-refractivity contribution >= 4 is 17.6 Å². The number of likely N-dealkylation sites (N-methyl/N-ethyl adjacent to an activating group) is 1. The highest BCUT2D eigenvalue weighted by atomic mass is 16.5. The van der Waals surface area contributed by atoms with E-state index < -0.39 is 11.7 Å². The van der Waals surface area contributed by atoms with Crippen molar-refractivity contribution in [3.05, 3.63) is 59.7 Å². The highest BCUT2D eigenvalue weighted by molar-refractivity contribution is 6.36. The second-order valence-electron chi connectivity index (χ2n) is 6.54. The molecular formula is C22H26N2O5. The fourth-order valence-corrected chi connectivity index (χ4v) is 2.80. The molecule has 0 aliphatic rings. The maximum absolute atomic E-state index is 12.2. The molecule has 2 aromatic carbocycles. The molecule has 154 valence electrons. The van der Waals surface area contributed by atoms with Gasteiger partial charge in [0.05, 0.1) is 20.8 Å². The van der Waals surface area contributed by atoms with Gasteiger partial charge in [-0.2, -0.15) is 0 Å². The molecule has 7 nitrogen and oxygen atoms in total. The van der Waals surface area contributed by atoms with Gasteiger partial charge in [-0.1, -0.05) is 36.4 Å². The molecule has 7 heteroatoms. The van der Waals surface area contributed by atoms with Gasteiger partial charge in [0.25, 0.3) is 5.91 Å². The van der Waals surface area contributed by atoms with Crippen molar-refractivity contribution in [3.8, 4) is 11.5 Å². The summed E-state index contributed by atoms with van der Waals surface area (Å²) in [6.07, 6.45) is 0.613. The number of carbonyl (C=O) groups excluding carboxylic acids is 3. The van der Waals surface area contributed by atoms with Gasteiger partial charge in [0, 0.05) is 20.0 Å². The molecule has 0 spiro atoms. The van der Waals surface area contributed by atoms with Crippen LogP contribution in [0.4, 0.5) is 0 Å². The quantitative estimate of drug-likeness (QED) is 0.615. The average molecular weight is 398 g/mol. The Kier molecular flexibility index (Phi) is 8.21. The summed E-state index contributed by atoms with van der Waals surface area (Å²) in [5, 5.41) is 2.76. The second kappa shape index (κ2) is 10.8. The minimum Gasteiger partial charge on any atom is -0.493 e. The lowest BCUT2D eigenvalue weighted by atomic mass is 10.1. The molecule has 0 saturated heterocycles. The van der Waals surface area contributed by atoms with Gasteiger partial charge in [-0.3, -0.25) is 14.4 Å². The number of ketones is 1. The number of nitrogens with zero attached hydrogens (tertiary/aromatic N) is 1. The van der Waals surface area contributed by atoms with Crippen molar-refractivity contribution in [1.29, 1.82) is 0 Å². The number of hydrogen-bond donors (Lipinski definition) is 1. The number of methoxy groups -OCH3 is 2. The molecule has 0 bridgehead atoms. The van der Waals surface area contributed by atoms with Crippen LogP contribution in [0.15, 0.2) is 48.5 Å². The molecule has 1 N–H and O–H groups in total. The Balaban J connectivity index is 1.78.